The van der Waals surface area contributed by atoms with E-state index in [1.54, 1.807) is 16.7 Å². The number of aromatic amines is 1. The van der Waals surface area contributed by atoms with Crippen molar-refractivity contribution in [1.82, 2.24) is 14.8 Å². The van der Waals surface area contributed by atoms with Gasteiger partial charge < -0.3 is 0 Å². The number of nitrogens with one attached hydrogen (secondary N) is 1. The number of benzene rings is 2. The van der Waals surface area contributed by atoms with Crippen LogP contribution in [-0.4, -0.2) is 14.8 Å². The lowest BCUT2D eigenvalue weighted by atomic mass is 10.2. The number of rotatable bonds is 2. The Hall–Kier alpha value is -2.27. The van der Waals surface area contributed by atoms with E-state index in [0.717, 1.165) is 5.56 Å². The maximum Gasteiger partial charge on any atom is 0.200 e. The van der Waals surface area contributed by atoms with Gasteiger partial charge in [0.2, 0.25) is 0 Å². The Balaban J connectivity index is 2.23. The molecule has 0 atom stereocenters. The second kappa shape index (κ2) is 4.78. The molecule has 3 rings (SSSR count). The lowest BCUT2D eigenvalue weighted by Gasteiger charge is -2.06. The van der Waals surface area contributed by atoms with Crippen molar-refractivity contribution < 1.29 is 4.39 Å². The van der Waals surface area contributed by atoms with Crippen molar-refractivity contribution in [3.8, 4) is 17.1 Å². The second-order valence-corrected chi connectivity index (χ2v) is 4.42. The maximum atomic E-state index is 13.3. The Kier molecular flexibility index (Phi) is 2.97. The molecule has 0 saturated carbocycles. The summed E-state index contributed by atoms with van der Waals surface area (Å²) in [6.07, 6.45) is 0. The van der Waals surface area contributed by atoms with Crippen molar-refractivity contribution in [2.75, 3.05) is 0 Å². The first kappa shape index (κ1) is 11.8. The van der Waals surface area contributed by atoms with E-state index >= 15 is 0 Å². The van der Waals surface area contributed by atoms with Gasteiger partial charge in [0.1, 0.15) is 5.82 Å². The summed E-state index contributed by atoms with van der Waals surface area (Å²) in [7, 11) is 0. The van der Waals surface area contributed by atoms with Gasteiger partial charge >= 0.3 is 0 Å². The van der Waals surface area contributed by atoms with Crippen LogP contribution in [0.4, 0.5) is 4.39 Å². The zero-order valence-electron chi connectivity index (χ0n) is 9.88. The quantitative estimate of drug-likeness (QED) is 0.720. The molecule has 2 aromatic carbocycles. The van der Waals surface area contributed by atoms with Gasteiger partial charge in [-0.15, -0.1) is 0 Å². The molecule has 0 fully saturated rings. The summed E-state index contributed by atoms with van der Waals surface area (Å²) in [5, 5.41) is 6.96. The SMILES string of the molecule is Fc1cccc(-n2c(-c3ccccc3)n[nH]c2=S)c1. The van der Waals surface area contributed by atoms with Crippen LogP contribution < -0.4 is 0 Å². The molecule has 1 N–H and O–H groups in total. The fraction of sp³-hybridized carbons (Fsp3) is 0. The number of nitrogens with zero attached hydrogens (tertiary/aromatic N) is 2. The molecule has 5 heteroatoms. The van der Waals surface area contributed by atoms with Crippen LogP contribution in [-0.2, 0) is 0 Å². The topological polar surface area (TPSA) is 33.6 Å². The minimum atomic E-state index is -0.306. The van der Waals surface area contributed by atoms with Crippen LogP contribution in [0, 0.1) is 10.6 Å². The van der Waals surface area contributed by atoms with E-state index in [4.69, 9.17) is 12.2 Å². The highest BCUT2D eigenvalue weighted by molar-refractivity contribution is 7.71. The van der Waals surface area contributed by atoms with Crippen molar-refractivity contribution in [1.29, 1.82) is 0 Å². The molecular formula is C14H10FN3S. The van der Waals surface area contributed by atoms with E-state index in [0.29, 0.717) is 16.3 Å². The van der Waals surface area contributed by atoms with Crippen LogP contribution in [0.1, 0.15) is 0 Å². The van der Waals surface area contributed by atoms with Crippen LogP contribution in [0.25, 0.3) is 17.1 Å². The normalized spacial score (nSPS) is 10.6. The zero-order valence-corrected chi connectivity index (χ0v) is 10.7. The minimum Gasteiger partial charge on any atom is -0.268 e. The maximum absolute atomic E-state index is 13.3. The molecule has 0 aliphatic heterocycles. The fourth-order valence-corrected chi connectivity index (χ4v) is 2.17. The van der Waals surface area contributed by atoms with Gasteiger partial charge in [-0.1, -0.05) is 36.4 Å². The molecule has 0 saturated heterocycles. The monoisotopic (exact) mass is 271 g/mol. The van der Waals surface area contributed by atoms with E-state index in [1.807, 2.05) is 30.3 Å². The van der Waals surface area contributed by atoms with Crippen LogP contribution in [0.3, 0.4) is 0 Å². The third-order valence-corrected chi connectivity index (χ3v) is 3.04. The van der Waals surface area contributed by atoms with Crippen LogP contribution in [0.5, 0.6) is 0 Å². The third kappa shape index (κ3) is 2.20. The van der Waals surface area contributed by atoms with Gasteiger partial charge in [0.05, 0.1) is 5.69 Å². The second-order valence-electron chi connectivity index (χ2n) is 4.03. The molecule has 19 heavy (non-hydrogen) atoms. The Morgan fingerprint density at radius 2 is 1.84 bits per heavy atom. The van der Waals surface area contributed by atoms with Gasteiger partial charge in [-0.3, -0.25) is 9.67 Å². The van der Waals surface area contributed by atoms with Crippen molar-refractivity contribution >= 4 is 12.2 Å². The van der Waals surface area contributed by atoms with Crippen molar-refractivity contribution in [3.63, 3.8) is 0 Å². The lowest BCUT2D eigenvalue weighted by Crippen LogP contribution is -1.98. The summed E-state index contributed by atoms with van der Waals surface area (Å²) in [6.45, 7) is 0. The summed E-state index contributed by atoms with van der Waals surface area (Å²) in [6, 6.07) is 15.9. The molecule has 0 spiro atoms. The van der Waals surface area contributed by atoms with Crippen LogP contribution >= 0.6 is 12.2 Å². The van der Waals surface area contributed by atoms with Gasteiger partial charge in [-0.25, -0.2) is 4.39 Å². The average Bonchev–Trinajstić information content (AvgIpc) is 2.82. The first-order valence-electron chi connectivity index (χ1n) is 5.74. The van der Waals surface area contributed by atoms with E-state index in [1.165, 1.54) is 12.1 Å². The molecule has 0 aliphatic carbocycles. The molecule has 0 amide bonds. The standard InChI is InChI=1S/C14H10FN3S/c15-11-7-4-8-12(9-11)18-13(16-17-14(18)19)10-5-2-1-3-6-10/h1-9H,(H,17,19). The van der Waals surface area contributed by atoms with Crippen molar-refractivity contribution in [2.24, 2.45) is 0 Å². The highest BCUT2D eigenvalue weighted by atomic mass is 32.1. The minimum absolute atomic E-state index is 0.306. The number of hydrogen-bond acceptors (Lipinski definition) is 2. The molecule has 0 bridgehead atoms. The van der Waals surface area contributed by atoms with Gasteiger partial charge in [-0.2, -0.15) is 5.10 Å². The number of halogens is 1. The molecule has 3 aromatic rings. The average molecular weight is 271 g/mol. The van der Waals surface area contributed by atoms with Crippen LogP contribution in [0.2, 0.25) is 0 Å². The first-order valence-corrected chi connectivity index (χ1v) is 6.15. The Labute approximate surface area is 114 Å². The first-order chi connectivity index (χ1) is 9.25. The third-order valence-electron chi connectivity index (χ3n) is 2.77. The Morgan fingerprint density at radius 1 is 1.05 bits per heavy atom. The fourth-order valence-electron chi connectivity index (χ4n) is 1.93. The predicted molar refractivity (Wildman–Crippen MR) is 74.1 cm³/mol. The summed E-state index contributed by atoms with van der Waals surface area (Å²) < 4.78 is 15.5. The molecule has 0 aliphatic rings. The lowest BCUT2D eigenvalue weighted by molar-refractivity contribution is 0.626. The summed E-state index contributed by atoms with van der Waals surface area (Å²) in [5.41, 5.74) is 1.57. The molecule has 1 heterocycles. The smallest absolute Gasteiger partial charge is 0.200 e. The number of H-pyrrole nitrogens is 1. The molecular weight excluding hydrogens is 261 g/mol. The summed E-state index contributed by atoms with van der Waals surface area (Å²) >= 11 is 5.22. The van der Waals surface area contributed by atoms with E-state index in [2.05, 4.69) is 10.2 Å². The number of aromatic nitrogens is 3. The molecule has 0 unspecified atom stereocenters. The Bertz CT molecular complexity index is 762. The Morgan fingerprint density at radius 3 is 2.58 bits per heavy atom. The van der Waals surface area contributed by atoms with Gasteiger partial charge in [0, 0.05) is 5.56 Å². The molecule has 94 valence electrons. The van der Waals surface area contributed by atoms with Gasteiger partial charge in [0.25, 0.3) is 0 Å². The van der Waals surface area contributed by atoms with Crippen molar-refractivity contribution in [2.45, 2.75) is 0 Å². The molecule has 3 nitrogen and oxygen atoms in total. The van der Waals surface area contributed by atoms with E-state index in [-0.39, 0.29) is 5.82 Å². The highest BCUT2D eigenvalue weighted by Crippen LogP contribution is 2.21. The number of hydrogen-bond donors (Lipinski definition) is 1. The van der Waals surface area contributed by atoms with Gasteiger partial charge in [0.15, 0.2) is 10.6 Å². The van der Waals surface area contributed by atoms with Crippen molar-refractivity contribution in [3.05, 3.63) is 65.2 Å². The predicted octanol–water partition coefficient (Wildman–Crippen LogP) is 3.74. The van der Waals surface area contributed by atoms with Crippen LogP contribution in [0.15, 0.2) is 54.6 Å². The van der Waals surface area contributed by atoms with Gasteiger partial charge in [-0.05, 0) is 30.4 Å². The molecule has 1 aromatic heterocycles. The summed E-state index contributed by atoms with van der Waals surface area (Å²) in [5.74, 6) is 0.357. The largest absolute Gasteiger partial charge is 0.268 e. The van der Waals surface area contributed by atoms with E-state index in [9.17, 15) is 4.39 Å². The zero-order chi connectivity index (χ0) is 13.2. The van der Waals surface area contributed by atoms with E-state index < -0.39 is 0 Å². The molecule has 0 radical (unpaired) electrons. The summed E-state index contributed by atoms with van der Waals surface area (Å²) in [4.78, 5) is 0. The highest BCUT2D eigenvalue weighted by Gasteiger charge is 2.10.